The van der Waals surface area contributed by atoms with Gasteiger partial charge in [0, 0.05) is 15.7 Å². The van der Waals surface area contributed by atoms with E-state index >= 15 is 0 Å². The van der Waals surface area contributed by atoms with Crippen molar-refractivity contribution >= 4 is 27.4 Å². The topological polar surface area (TPSA) is 29.1 Å². The molecule has 1 N–H and O–H groups in total. The molecule has 3 aromatic carbocycles. The molecule has 2 nitrogen and oxygen atoms in total. The number of halogens is 1. The van der Waals surface area contributed by atoms with Gasteiger partial charge < -0.3 is 5.32 Å². The van der Waals surface area contributed by atoms with Crippen LogP contribution >= 0.6 is 15.9 Å². The first-order valence-corrected chi connectivity index (χ1v) is 8.19. The van der Waals surface area contributed by atoms with Gasteiger partial charge in [0.2, 0.25) is 0 Å². The van der Waals surface area contributed by atoms with E-state index in [0.717, 1.165) is 15.7 Å². The molecule has 3 aromatic rings. The first kappa shape index (κ1) is 15.5. The molecule has 0 spiro atoms. The Bertz CT molecular complexity index is 787. The minimum absolute atomic E-state index is 0.0526. The average Bonchev–Trinajstić information content (AvgIpc) is 2.61. The summed E-state index contributed by atoms with van der Waals surface area (Å²) < 4.78 is 0.974. The number of hydrogen-bond donors (Lipinski definition) is 1. The van der Waals surface area contributed by atoms with E-state index in [0.29, 0.717) is 5.56 Å². The Balaban J connectivity index is 1.96. The third kappa shape index (κ3) is 3.88. The molecule has 1 unspecified atom stereocenters. The summed E-state index contributed by atoms with van der Waals surface area (Å²) in [6.45, 7) is 0. The number of rotatable bonds is 5. The summed E-state index contributed by atoms with van der Waals surface area (Å²) in [7, 11) is 0. The zero-order valence-electron chi connectivity index (χ0n) is 12.4. The maximum Gasteiger partial charge on any atom is 0.189 e. The van der Waals surface area contributed by atoms with Crippen molar-refractivity contribution in [3.05, 3.63) is 101 Å². The number of carbonyl (C=O) groups is 1. The average molecular weight is 366 g/mol. The van der Waals surface area contributed by atoms with Crippen molar-refractivity contribution in [2.75, 3.05) is 5.32 Å². The SMILES string of the molecule is O=C(c1ccccc1)C(Nc1cccc(Br)c1)c1ccccc1. The fourth-order valence-electron chi connectivity index (χ4n) is 2.46. The monoisotopic (exact) mass is 365 g/mol. The molecule has 3 rings (SSSR count). The lowest BCUT2D eigenvalue weighted by atomic mass is 9.97. The second-order valence-electron chi connectivity index (χ2n) is 5.23. The van der Waals surface area contributed by atoms with Gasteiger partial charge >= 0.3 is 0 Å². The second-order valence-corrected chi connectivity index (χ2v) is 6.14. The molecule has 0 heterocycles. The van der Waals surface area contributed by atoms with Gasteiger partial charge in [-0.05, 0) is 23.8 Å². The molecule has 0 aliphatic heterocycles. The maximum atomic E-state index is 13.0. The predicted octanol–water partition coefficient (Wildman–Crippen LogP) is 5.49. The number of nitrogens with one attached hydrogen (secondary N) is 1. The summed E-state index contributed by atoms with van der Waals surface area (Å²) >= 11 is 3.47. The van der Waals surface area contributed by atoms with E-state index in [-0.39, 0.29) is 5.78 Å². The molecule has 3 heteroatoms. The number of carbonyl (C=O) groups excluding carboxylic acids is 1. The standard InChI is InChI=1S/C20H16BrNO/c21-17-12-7-13-18(14-17)22-19(15-8-3-1-4-9-15)20(23)16-10-5-2-6-11-16/h1-14,19,22H. The smallest absolute Gasteiger partial charge is 0.189 e. The van der Waals surface area contributed by atoms with Crippen molar-refractivity contribution in [1.29, 1.82) is 0 Å². The van der Waals surface area contributed by atoms with Crippen LogP contribution in [0.25, 0.3) is 0 Å². The zero-order chi connectivity index (χ0) is 16.1. The van der Waals surface area contributed by atoms with E-state index in [4.69, 9.17) is 0 Å². The quantitative estimate of drug-likeness (QED) is 0.606. The molecule has 0 fully saturated rings. The highest BCUT2D eigenvalue weighted by Gasteiger charge is 2.21. The molecule has 1 atom stereocenters. The predicted molar refractivity (Wildman–Crippen MR) is 97.7 cm³/mol. The van der Waals surface area contributed by atoms with E-state index < -0.39 is 6.04 Å². The van der Waals surface area contributed by atoms with Crippen LogP contribution in [-0.2, 0) is 0 Å². The molecule has 114 valence electrons. The molecule has 0 aliphatic rings. The number of hydrogen-bond acceptors (Lipinski definition) is 2. The highest BCUT2D eigenvalue weighted by molar-refractivity contribution is 9.10. The number of benzene rings is 3. The molecule has 0 saturated heterocycles. The lowest BCUT2D eigenvalue weighted by Crippen LogP contribution is -2.21. The number of anilines is 1. The molecular formula is C20H16BrNO. The Morgan fingerprint density at radius 2 is 1.48 bits per heavy atom. The summed E-state index contributed by atoms with van der Waals surface area (Å²) in [5.41, 5.74) is 2.54. The van der Waals surface area contributed by atoms with Crippen LogP contribution in [0.15, 0.2) is 89.4 Å². The summed E-state index contributed by atoms with van der Waals surface area (Å²) in [4.78, 5) is 13.0. The van der Waals surface area contributed by atoms with Gasteiger partial charge in [0.25, 0.3) is 0 Å². The van der Waals surface area contributed by atoms with E-state index in [1.54, 1.807) is 0 Å². The first-order chi connectivity index (χ1) is 11.2. The molecule has 0 saturated carbocycles. The first-order valence-electron chi connectivity index (χ1n) is 7.40. The van der Waals surface area contributed by atoms with Crippen molar-refractivity contribution in [1.82, 2.24) is 0 Å². The fourth-order valence-corrected chi connectivity index (χ4v) is 2.86. The third-order valence-electron chi connectivity index (χ3n) is 3.59. The molecule has 0 bridgehead atoms. The lowest BCUT2D eigenvalue weighted by molar-refractivity contribution is 0.0969. The van der Waals surface area contributed by atoms with Gasteiger partial charge in [0.05, 0.1) is 0 Å². The molecular weight excluding hydrogens is 350 g/mol. The lowest BCUT2D eigenvalue weighted by Gasteiger charge is -2.19. The van der Waals surface area contributed by atoms with Gasteiger partial charge in [0.1, 0.15) is 6.04 Å². The van der Waals surface area contributed by atoms with Gasteiger partial charge in [-0.2, -0.15) is 0 Å². The Kier molecular flexibility index (Phi) is 4.89. The second kappa shape index (κ2) is 7.25. The summed E-state index contributed by atoms with van der Waals surface area (Å²) in [5, 5.41) is 3.35. The molecule has 0 radical (unpaired) electrons. The van der Waals surface area contributed by atoms with Crippen molar-refractivity contribution < 1.29 is 4.79 Å². The summed E-state index contributed by atoms with van der Waals surface area (Å²) in [6, 6.07) is 26.6. The minimum Gasteiger partial charge on any atom is -0.371 e. The molecule has 23 heavy (non-hydrogen) atoms. The number of ketones is 1. The van der Waals surface area contributed by atoms with Gasteiger partial charge in [-0.1, -0.05) is 82.7 Å². The van der Waals surface area contributed by atoms with Crippen molar-refractivity contribution in [3.8, 4) is 0 Å². The van der Waals surface area contributed by atoms with Crippen molar-refractivity contribution in [2.24, 2.45) is 0 Å². The van der Waals surface area contributed by atoms with E-state index in [1.807, 2.05) is 84.9 Å². The Morgan fingerprint density at radius 1 is 0.826 bits per heavy atom. The van der Waals surface area contributed by atoms with Crippen molar-refractivity contribution in [2.45, 2.75) is 6.04 Å². The van der Waals surface area contributed by atoms with Crippen LogP contribution in [0.4, 0.5) is 5.69 Å². The van der Waals surface area contributed by atoms with Gasteiger partial charge in [-0.25, -0.2) is 0 Å². The third-order valence-corrected chi connectivity index (χ3v) is 4.08. The van der Waals surface area contributed by atoms with Gasteiger partial charge in [-0.3, -0.25) is 4.79 Å². The van der Waals surface area contributed by atoms with Crippen LogP contribution in [0, 0.1) is 0 Å². The molecule has 0 aromatic heterocycles. The van der Waals surface area contributed by atoms with E-state index in [2.05, 4.69) is 21.2 Å². The fraction of sp³-hybridized carbons (Fsp3) is 0.0500. The Hall–Kier alpha value is -2.39. The molecule has 0 amide bonds. The number of Topliss-reactive ketones (excluding diaryl/α,β-unsaturated/α-hetero) is 1. The largest absolute Gasteiger partial charge is 0.371 e. The Morgan fingerprint density at radius 3 is 2.13 bits per heavy atom. The highest BCUT2D eigenvalue weighted by Crippen LogP contribution is 2.25. The van der Waals surface area contributed by atoms with Crippen LogP contribution in [0.3, 0.4) is 0 Å². The Labute approximate surface area is 144 Å². The minimum atomic E-state index is -0.423. The van der Waals surface area contributed by atoms with Crippen molar-refractivity contribution in [3.63, 3.8) is 0 Å². The van der Waals surface area contributed by atoms with E-state index in [1.165, 1.54) is 0 Å². The van der Waals surface area contributed by atoms with E-state index in [9.17, 15) is 4.79 Å². The highest BCUT2D eigenvalue weighted by atomic mass is 79.9. The van der Waals surface area contributed by atoms with Crippen LogP contribution in [0.5, 0.6) is 0 Å². The zero-order valence-corrected chi connectivity index (χ0v) is 14.0. The van der Waals surface area contributed by atoms with Crippen LogP contribution < -0.4 is 5.32 Å². The van der Waals surface area contributed by atoms with Crippen LogP contribution in [0.1, 0.15) is 22.0 Å². The summed E-state index contributed by atoms with van der Waals surface area (Å²) in [5.74, 6) is 0.0526. The summed E-state index contributed by atoms with van der Waals surface area (Å²) in [6.07, 6.45) is 0. The molecule has 0 aliphatic carbocycles. The van der Waals surface area contributed by atoms with Crippen LogP contribution in [-0.4, -0.2) is 5.78 Å². The van der Waals surface area contributed by atoms with Gasteiger partial charge in [-0.15, -0.1) is 0 Å². The van der Waals surface area contributed by atoms with Gasteiger partial charge in [0.15, 0.2) is 5.78 Å². The maximum absolute atomic E-state index is 13.0. The normalized spacial score (nSPS) is 11.7. The van der Waals surface area contributed by atoms with Crippen LogP contribution in [0.2, 0.25) is 0 Å².